The summed E-state index contributed by atoms with van der Waals surface area (Å²) >= 11 is 0. The molecule has 1 rings (SSSR count). The van der Waals surface area contributed by atoms with E-state index in [0.717, 1.165) is 26.1 Å². The molecule has 0 radical (unpaired) electrons. The van der Waals surface area contributed by atoms with Crippen molar-refractivity contribution in [3.05, 3.63) is 35.9 Å². The summed E-state index contributed by atoms with van der Waals surface area (Å²) in [7, 11) is 0. The first-order valence-corrected chi connectivity index (χ1v) is 6.79. The minimum Gasteiger partial charge on any atom is -0.330 e. The van der Waals surface area contributed by atoms with Gasteiger partial charge in [0.05, 0.1) is 0 Å². The lowest BCUT2D eigenvalue weighted by Crippen LogP contribution is -2.35. The van der Waals surface area contributed by atoms with E-state index in [1.165, 1.54) is 18.4 Å². The van der Waals surface area contributed by atoms with Gasteiger partial charge in [-0.3, -0.25) is 4.90 Å². The zero-order valence-corrected chi connectivity index (χ0v) is 11.2. The summed E-state index contributed by atoms with van der Waals surface area (Å²) in [5.74, 6) is 0. The van der Waals surface area contributed by atoms with Crippen molar-refractivity contribution in [3.8, 4) is 0 Å². The van der Waals surface area contributed by atoms with Crippen LogP contribution in [0.5, 0.6) is 0 Å². The second-order valence-corrected chi connectivity index (χ2v) is 4.57. The Labute approximate surface area is 106 Å². The smallest absolute Gasteiger partial charge is 0.0236 e. The SMILES string of the molecule is CCC(CC)N(CCCN)Cc1ccccc1. The molecular formula is C15H26N2. The van der Waals surface area contributed by atoms with Crippen LogP contribution in [-0.4, -0.2) is 24.0 Å². The van der Waals surface area contributed by atoms with Crippen molar-refractivity contribution in [1.29, 1.82) is 0 Å². The molecule has 2 heteroatoms. The quantitative estimate of drug-likeness (QED) is 0.749. The Morgan fingerprint density at radius 1 is 1.12 bits per heavy atom. The van der Waals surface area contributed by atoms with Crippen molar-refractivity contribution < 1.29 is 0 Å². The van der Waals surface area contributed by atoms with Gasteiger partial charge in [0, 0.05) is 12.6 Å². The molecule has 96 valence electrons. The minimum absolute atomic E-state index is 0.682. The Kier molecular flexibility index (Phi) is 6.90. The first-order valence-electron chi connectivity index (χ1n) is 6.79. The summed E-state index contributed by atoms with van der Waals surface area (Å²) in [5, 5.41) is 0. The maximum atomic E-state index is 5.63. The van der Waals surface area contributed by atoms with Gasteiger partial charge in [-0.25, -0.2) is 0 Å². The standard InChI is InChI=1S/C15H26N2/c1-3-15(4-2)17(12-8-11-16)13-14-9-6-5-7-10-14/h5-7,9-10,15H,3-4,8,11-13,16H2,1-2H3. The van der Waals surface area contributed by atoms with E-state index in [1.807, 2.05) is 0 Å². The molecule has 0 atom stereocenters. The van der Waals surface area contributed by atoms with Crippen LogP contribution in [0.2, 0.25) is 0 Å². The van der Waals surface area contributed by atoms with Gasteiger partial charge in [-0.05, 0) is 37.9 Å². The molecule has 1 aromatic carbocycles. The highest BCUT2D eigenvalue weighted by molar-refractivity contribution is 5.14. The van der Waals surface area contributed by atoms with Crippen LogP contribution in [0.15, 0.2) is 30.3 Å². The third-order valence-corrected chi connectivity index (χ3v) is 3.34. The van der Waals surface area contributed by atoms with Gasteiger partial charge in [0.2, 0.25) is 0 Å². The van der Waals surface area contributed by atoms with Crippen molar-refractivity contribution in [2.75, 3.05) is 13.1 Å². The van der Waals surface area contributed by atoms with Crippen molar-refractivity contribution in [3.63, 3.8) is 0 Å². The monoisotopic (exact) mass is 234 g/mol. The second-order valence-electron chi connectivity index (χ2n) is 4.57. The van der Waals surface area contributed by atoms with Crippen LogP contribution in [-0.2, 0) is 6.54 Å². The summed E-state index contributed by atoms with van der Waals surface area (Å²) in [6, 6.07) is 11.4. The molecular weight excluding hydrogens is 208 g/mol. The number of hydrogen-bond donors (Lipinski definition) is 1. The molecule has 0 aliphatic carbocycles. The first kappa shape index (κ1) is 14.2. The van der Waals surface area contributed by atoms with Gasteiger partial charge in [0.25, 0.3) is 0 Å². The molecule has 0 saturated heterocycles. The summed E-state index contributed by atoms with van der Waals surface area (Å²) in [6.07, 6.45) is 3.52. The number of benzene rings is 1. The molecule has 0 saturated carbocycles. The lowest BCUT2D eigenvalue weighted by molar-refractivity contribution is 0.176. The van der Waals surface area contributed by atoms with Crippen LogP contribution in [0, 0.1) is 0 Å². The largest absolute Gasteiger partial charge is 0.330 e. The Bertz CT molecular complexity index is 280. The lowest BCUT2D eigenvalue weighted by atomic mass is 10.1. The molecule has 0 heterocycles. The highest BCUT2D eigenvalue weighted by Crippen LogP contribution is 2.13. The molecule has 0 bridgehead atoms. The van der Waals surface area contributed by atoms with Crippen molar-refractivity contribution in [2.45, 2.75) is 45.7 Å². The normalized spacial score (nSPS) is 11.4. The molecule has 0 unspecified atom stereocenters. The van der Waals surface area contributed by atoms with Crippen molar-refractivity contribution in [1.82, 2.24) is 4.90 Å². The fourth-order valence-electron chi connectivity index (χ4n) is 2.31. The molecule has 2 N–H and O–H groups in total. The molecule has 1 aromatic rings. The van der Waals surface area contributed by atoms with Crippen molar-refractivity contribution in [2.24, 2.45) is 5.73 Å². The van der Waals surface area contributed by atoms with E-state index in [2.05, 4.69) is 49.1 Å². The van der Waals surface area contributed by atoms with Crippen LogP contribution in [0.25, 0.3) is 0 Å². The van der Waals surface area contributed by atoms with E-state index in [9.17, 15) is 0 Å². The molecule has 17 heavy (non-hydrogen) atoms. The molecule has 0 spiro atoms. The Morgan fingerprint density at radius 2 is 1.76 bits per heavy atom. The van der Waals surface area contributed by atoms with Gasteiger partial charge < -0.3 is 5.73 Å². The fraction of sp³-hybridized carbons (Fsp3) is 0.600. The van der Waals surface area contributed by atoms with Gasteiger partial charge >= 0.3 is 0 Å². The maximum Gasteiger partial charge on any atom is 0.0236 e. The van der Waals surface area contributed by atoms with Gasteiger partial charge in [-0.2, -0.15) is 0 Å². The van der Waals surface area contributed by atoms with Gasteiger partial charge in [-0.15, -0.1) is 0 Å². The topological polar surface area (TPSA) is 29.3 Å². The first-order chi connectivity index (χ1) is 8.31. The predicted molar refractivity (Wildman–Crippen MR) is 74.9 cm³/mol. The number of nitrogens with zero attached hydrogens (tertiary/aromatic N) is 1. The van der Waals surface area contributed by atoms with E-state index in [4.69, 9.17) is 5.73 Å². The molecule has 2 nitrogen and oxygen atoms in total. The average Bonchev–Trinajstić information content (AvgIpc) is 2.38. The highest BCUT2D eigenvalue weighted by Gasteiger charge is 2.14. The predicted octanol–water partition coefficient (Wildman–Crippen LogP) is 3.03. The summed E-state index contributed by atoms with van der Waals surface area (Å²) in [6.45, 7) is 7.49. The summed E-state index contributed by atoms with van der Waals surface area (Å²) in [4.78, 5) is 2.57. The van der Waals surface area contributed by atoms with E-state index < -0.39 is 0 Å². The molecule has 0 fully saturated rings. The lowest BCUT2D eigenvalue weighted by Gasteiger charge is -2.30. The molecule has 0 amide bonds. The number of rotatable bonds is 8. The molecule has 0 aliphatic heterocycles. The van der Waals surface area contributed by atoms with E-state index in [0.29, 0.717) is 6.04 Å². The van der Waals surface area contributed by atoms with Crippen LogP contribution < -0.4 is 5.73 Å². The third kappa shape index (κ3) is 4.88. The highest BCUT2D eigenvalue weighted by atomic mass is 15.1. The average molecular weight is 234 g/mol. The van der Waals surface area contributed by atoms with Crippen LogP contribution in [0.1, 0.15) is 38.7 Å². The minimum atomic E-state index is 0.682. The summed E-state index contributed by atoms with van der Waals surface area (Å²) < 4.78 is 0. The third-order valence-electron chi connectivity index (χ3n) is 3.34. The van der Waals surface area contributed by atoms with Gasteiger partial charge in [0.1, 0.15) is 0 Å². The van der Waals surface area contributed by atoms with E-state index in [-0.39, 0.29) is 0 Å². The van der Waals surface area contributed by atoms with E-state index in [1.54, 1.807) is 0 Å². The second kappa shape index (κ2) is 8.26. The zero-order valence-electron chi connectivity index (χ0n) is 11.2. The Morgan fingerprint density at radius 3 is 2.29 bits per heavy atom. The summed E-state index contributed by atoms with van der Waals surface area (Å²) in [5.41, 5.74) is 7.03. The van der Waals surface area contributed by atoms with Crippen LogP contribution >= 0.6 is 0 Å². The van der Waals surface area contributed by atoms with Crippen LogP contribution in [0.4, 0.5) is 0 Å². The Hall–Kier alpha value is -0.860. The molecule has 0 aliphatic rings. The number of hydrogen-bond acceptors (Lipinski definition) is 2. The maximum absolute atomic E-state index is 5.63. The Balaban J connectivity index is 2.62. The number of nitrogens with two attached hydrogens (primary N) is 1. The fourth-order valence-corrected chi connectivity index (χ4v) is 2.31. The van der Waals surface area contributed by atoms with Gasteiger partial charge in [0.15, 0.2) is 0 Å². The zero-order chi connectivity index (χ0) is 12.5. The molecule has 0 aromatic heterocycles. The van der Waals surface area contributed by atoms with Gasteiger partial charge in [-0.1, -0.05) is 44.2 Å². The van der Waals surface area contributed by atoms with Crippen molar-refractivity contribution >= 4 is 0 Å². The van der Waals surface area contributed by atoms with Crippen LogP contribution in [0.3, 0.4) is 0 Å². The van der Waals surface area contributed by atoms with E-state index >= 15 is 0 Å².